The van der Waals surface area contributed by atoms with Gasteiger partial charge in [0.15, 0.2) is 0 Å². The maximum Gasteiger partial charge on any atom is 0.323 e. The SMILES string of the molecule is CC(C)(NCC(=O)NNc1ccccn1)C(=O)O. The van der Waals surface area contributed by atoms with Crippen molar-refractivity contribution in [3.05, 3.63) is 24.4 Å². The van der Waals surface area contributed by atoms with Crippen molar-refractivity contribution in [2.45, 2.75) is 19.4 Å². The summed E-state index contributed by atoms with van der Waals surface area (Å²) in [5.74, 6) is -0.897. The molecule has 7 heteroatoms. The Bertz CT molecular complexity index is 420. The van der Waals surface area contributed by atoms with E-state index in [1.165, 1.54) is 13.8 Å². The Morgan fingerprint density at radius 2 is 2.11 bits per heavy atom. The van der Waals surface area contributed by atoms with Gasteiger partial charge in [-0.2, -0.15) is 0 Å². The van der Waals surface area contributed by atoms with E-state index in [4.69, 9.17) is 5.11 Å². The largest absolute Gasteiger partial charge is 0.480 e. The molecule has 0 fully saturated rings. The number of carboxylic acids is 1. The molecule has 0 bridgehead atoms. The van der Waals surface area contributed by atoms with Crippen LogP contribution in [0, 0.1) is 0 Å². The van der Waals surface area contributed by atoms with E-state index in [1.807, 2.05) is 0 Å². The Kier molecular flexibility index (Phi) is 4.61. The number of amides is 1. The molecule has 7 nitrogen and oxygen atoms in total. The second-order valence-electron chi connectivity index (χ2n) is 4.17. The molecule has 0 radical (unpaired) electrons. The Hall–Kier alpha value is -2.15. The first kappa shape index (κ1) is 13.9. The molecule has 0 saturated carbocycles. The first-order chi connectivity index (χ1) is 8.42. The zero-order chi connectivity index (χ0) is 13.6. The van der Waals surface area contributed by atoms with Crippen LogP contribution in [0.2, 0.25) is 0 Å². The van der Waals surface area contributed by atoms with Crippen molar-refractivity contribution >= 4 is 17.7 Å². The van der Waals surface area contributed by atoms with Gasteiger partial charge in [-0.1, -0.05) is 6.07 Å². The van der Waals surface area contributed by atoms with E-state index in [0.29, 0.717) is 5.82 Å². The number of hydrogen-bond donors (Lipinski definition) is 4. The van der Waals surface area contributed by atoms with Gasteiger partial charge in [0, 0.05) is 6.20 Å². The summed E-state index contributed by atoms with van der Waals surface area (Å²) in [5, 5.41) is 11.5. The molecule has 0 spiro atoms. The molecule has 1 amide bonds. The van der Waals surface area contributed by atoms with Gasteiger partial charge in [-0.25, -0.2) is 4.98 Å². The summed E-state index contributed by atoms with van der Waals surface area (Å²) in [6.45, 7) is 2.85. The quantitative estimate of drug-likeness (QED) is 0.530. The van der Waals surface area contributed by atoms with Gasteiger partial charge in [-0.05, 0) is 26.0 Å². The fraction of sp³-hybridized carbons (Fsp3) is 0.364. The van der Waals surface area contributed by atoms with Gasteiger partial charge in [0.05, 0.1) is 6.54 Å². The lowest BCUT2D eigenvalue weighted by Crippen LogP contribution is -2.51. The van der Waals surface area contributed by atoms with Crippen LogP contribution in [-0.2, 0) is 9.59 Å². The third-order valence-electron chi connectivity index (χ3n) is 2.22. The second kappa shape index (κ2) is 5.97. The van der Waals surface area contributed by atoms with Gasteiger partial charge in [-0.3, -0.25) is 25.8 Å². The van der Waals surface area contributed by atoms with Gasteiger partial charge in [0.1, 0.15) is 11.4 Å². The van der Waals surface area contributed by atoms with E-state index in [1.54, 1.807) is 24.4 Å². The highest BCUT2D eigenvalue weighted by atomic mass is 16.4. The van der Waals surface area contributed by atoms with E-state index >= 15 is 0 Å². The molecule has 0 aromatic carbocycles. The van der Waals surface area contributed by atoms with E-state index in [9.17, 15) is 9.59 Å². The average molecular weight is 252 g/mol. The maximum atomic E-state index is 11.4. The Balaban J connectivity index is 2.33. The summed E-state index contributed by atoms with van der Waals surface area (Å²) in [4.78, 5) is 26.2. The summed E-state index contributed by atoms with van der Waals surface area (Å²) in [6.07, 6.45) is 1.58. The lowest BCUT2D eigenvalue weighted by Gasteiger charge is -2.20. The number of carbonyl (C=O) groups excluding carboxylic acids is 1. The number of rotatable bonds is 6. The van der Waals surface area contributed by atoms with Crippen molar-refractivity contribution in [2.75, 3.05) is 12.0 Å². The number of hydrazine groups is 1. The number of pyridine rings is 1. The molecule has 1 aromatic rings. The summed E-state index contributed by atoms with van der Waals surface area (Å²) in [6, 6.07) is 5.21. The normalized spacial score (nSPS) is 10.8. The van der Waals surface area contributed by atoms with Crippen LogP contribution in [0.1, 0.15) is 13.8 Å². The lowest BCUT2D eigenvalue weighted by molar-refractivity contribution is -0.143. The van der Waals surface area contributed by atoms with Gasteiger partial charge < -0.3 is 5.11 Å². The topological polar surface area (TPSA) is 103 Å². The average Bonchev–Trinajstić information content (AvgIpc) is 2.35. The van der Waals surface area contributed by atoms with Crippen LogP contribution in [-0.4, -0.2) is 34.1 Å². The molecule has 4 N–H and O–H groups in total. The minimum atomic E-state index is -1.15. The maximum absolute atomic E-state index is 11.4. The number of aliphatic carboxylic acids is 1. The first-order valence-corrected chi connectivity index (χ1v) is 5.36. The number of aromatic nitrogens is 1. The van der Waals surface area contributed by atoms with Gasteiger partial charge in [-0.15, -0.1) is 0 Å². The highest BCUT2D eigenvalue weighted by molar-refractivity contribution is 5.82. The molecule has 1 aromatic heterocycles. The number of nitrogens with zero attached hydrogens (tertiary/aromatic N) is 1. The van der Waals surface area contributed by atoms with Crippen LogP contribution in [0.15, 0.2) is 24.4 Å². The molecule has 0 aliphatic carbocycles. The zero-order valence-electron chi connectivity index (χ0n) is 10.2. The van der Waals surface area contributed by atoms with E-state index in [2.05, 4.69) is 21.2 Å². The van der Waals surface area contributed by atoms with E-state index in [-0.39, 0.29) is 12.5 Å². The van der Waals surface area contributed by atoms with Crippen LogP contribution in [0.3, 0.4) is 0 Å². The number of hydrogen-bond acceptors (Lipinski definition) is 5. The van der Waals surface area contributed by atoms with Crippen LogP contribution < -0.4 is 16.2 Å². The predicted molar refractivity (Wildman–Crippen MR) is 65.7 cm³/mol. The molecule has 1 rings (SSSR count). The molecule has 0 unspecified atom stereocenters. The number of carboxylic acid groups (broad SMARTS) is 1. The molecule has 98 valence electrons. The molecule has 1 heterocycles. The number of nitrogens with one attached hydrogen (secondary N) is 3. The van der Waals surface area contributed by atoms with Crippen LogP contribution in [0.5, 0.6) is 0 Å². The number of carbonyl (C=O) groups is 2. The molecule has 18 heavy (non-hydrogen) atoms. The van der Waals surface area contributed by atoms with E-state index < -0.39 is 11.5 Å². The Labute approximate surface area is 105 Å². The third kappa shape index (κ3) is 4.38. The van der Waals surface area contributed by atoms with Crippen molar-refractivity contribution in [1.82, 2.24) is 15.7 Å². The molecular formula is C11H16N4O3. The Morgan fingerprint density at radius 1 is 1.39 bits per heavy atom. The summed E-state index contributed by atoms with van der Waals surface area (Å²) < 4.78 is 0. The van der Waals surface area contributed by atoms with Crippen molar-refractivity contribution in [2.24, 2.45) is 0 Å². The minimum Gasteiger partial charge on any atom is -0.480 e. The fourth-order valence-corrected chi connectivity index (χ4v) is 0.992. The number of anilines is 1. The monoisotopic (exact) mass is 252 g/mol. The second-order valence-corrected chi connectivity index (χ2v) is 4.17. The molecule has 0 aliphatic rings. The molecular weight excluding hydrogens is 236 g/mol. The van der Waals surface area contributed by atoms with Crippen molar-refractivity contribution in [3.63, 3.8) is 0 Å². The molecule has 0 aliphatic heterocycles. The zero-order valence-corrected chi connectivity index (χ0v) is 10.2. The first-order valence-electron chi connectivity index (χ1n) is 5.36. The minimum absolute atomic E-state index is 0.112. The third-order valence-corrected chi connectivity index (χ3v) is 2.22. The smallest absolute Gasteiger partial charge is 0.323 e. The summed E-state index contributed by atoms with van der Waals surface area (Å²) in [7, 11) is 0. The van der Waals surface area contributed by atoms with E-state index in [0.717, 1.165) is 0 Å². The highest BCUT2D eigenvalue weighted by Gasteiger charge is 2.26. The van der Waals surface area contributed by atoms with Crippen LogP contribution in [0.25, 0.3) is 0 Å². The van der Waals surface area contributed by atoms with Crippen LogP contribution >= 0.6 is 0 Å². The Morgan fingerprint density at radius 3 is 2.67 bits per heavy atom. The van der Waals surface area contributed by atoms with Crippen molar-refractivity contribution < 1.29 is 14.7 Å². The summed E-state index contributed by atoms with van der Waals surface area (Å²) >= 11 is 0. The van der Waals surface area contributed by atoms with Crippen molar-refractivity contribution in [3.8, 4) is 0 Å². The van der Waals surface area contributed by atoms with Crippen LogP contribution in [0.4, 0.5) is 5.82 Å². The standard InChI is InChI=1S/C11H16N4O3/c1-11(2,10(17)18)13-7-9(16)15-14-8-5-3-4-6-12-8/h3-6,13H,7H2,1-2H3,(H,12,14)(H,15,16)(H,17,18). The molecule has 0 atom stereocenters. The van der Waals surface area contributed by atoms with Gasteiger partial charge in [0.2, 0.25) is 0 Å². The fourth-order valence-electron chi connectivity index (χ4n) is 0.992. The van der Waals surface area contributed by atoms with Gasteiger partial charge in [0.25, 0.3) is 5.91 Å². The van der Waals surface area contributed by atoms with Gasteiger partial charge >= 0.3 is 5.97 Å². The highest BCUT2D eigenvalue weighted by Crippen LogP contribution is 2.00. The molecule has 0 saturated heterocycles. The summed E-state index contributed by atoms with van der Waals surface area (Å²) in [5.41, 5.74) is 3.86. The van der Waals surface area contributed by atoms with Crippen molar-refractivity contribution in [1.29, 1.82) is 0 Å². The lowest BCUT2D eigenvalue weighted by atomic mass is 10.1. The predicted octanol–water partition coefficient (Wildman–Crippen LogP) is -0.0225.